The molecule has 1 unspecified atom stereocenters. The third kappa shape index (κ3) is 2.55. The van der Waals surface area contributed by atoms with Gasteiger partial charge in [0.1, 0.15) is 5.37 Å². The predicted molar refractivity (Wildman–Crippen MR) is 87.7 cm³/mol. The topological polar surface area (TPSA) is 46.3 Å². The Bertz CT molecular complexity index is 662. The van der Waals surface area contributed by atoms with Crippen LogP contribution in [0.2, 0.25) is 0 Å². The van der Waals surface area contributed by atoms with E-state index in [1.807, 2.05) is 47.4 Å². The second-order valence-electron chi connectivity index (χ2n) is 4.58. The molecular weight excluding hydrogens is 336 g/mol. The zero-order valence-corrected chi connectivity index (χ0v) is 13.0. The number of hydrogen-bond donors (Lipinski definition) is 1. The molecule has 0 saturated carbocycles. The number of nitrogen functional groups attached to an aromatic ring is 1. The average molecular weight is 349 g/mol. The Kier molecular flexibility index (Phi) is 3.72. The summed E-state index contributed by atoms with van der Waals surface area (Å²) in [5.41, 5.74) is 8.46. The first-order valence-electron chi connectivity index (χ1n) is 6.20. The summed E-state index contributed by atoms with van der Waals surface area (Å²) in [5.74, 6) is 0.608. The Morgan fingerprint density at radius 3 is 2.75 bits per heavy atom. The molecule has 1 aliphatic rings. The molecule has 2 aromatic rings. The van der Waals surface area contributed by atoms with E-state index in [9.17, 15) is 4.79 Å². The highest BCUT2D eigenvalue weighted by molar-refractivity contribution is 9.10. The minimum Gasteiger partial charge on any atom is -0.399 e. The first-order valence-corrected chi connectivity index (χ1v) is 8.04. The van der Waals surface area contributed by atoms with Gasteiger partial charge >= 0.3 is 0 Å². The van der Waals surface area contributed by atoms with E-state index in [0.29, 0.717) is 11.4 Å². The number of benzene rings is 2. The van der Waals surface area contributed by atoms with Crippen molar-refractivity contribution in [1.82, 2.24) is 0 Å². The standard InChI is InChI=1S/C15H13BrN2OS/c16-11-4-1-3-10(7-11)15-18(14(19)9-20-15)13-6-2-5-12(17)8-13/h1-8,15H,9,17H2. The summed E-state index contributed by atoms with van der Waals surface area (Å²) < 4.78 is 1.02. The molecule has 5 heteroatoms. The lowest BCUT2D eigenvalue weighted by atomic mass is 10.2. The van der Waals surface area contributed by atoms with E-state index in [2.05, 4.69) is 22.0 Å². The highest BCUT2D eigenvalue weighted by Crippen LogP contribution is 2.42. The van der Waals surface area contributed by atoms with Crippen molar-refractivity contribution in [3.63, 3.8) is 0 Å². The van der Waals surface area contributed by atoms with Crippen molar-refractivity contribution in [3.8, 4) is 0 Å². The molecule has 0 spiro atoms. The van der Waals surface area contributed by atoms with E-state index in [1.54, 1.807) is 11.8 Å². The Balaban J connectivity index is 2.01. The molecule has 3 nitrogen and oxygen atoms in total. The highest BCUT2D eigenvalue weighted by Gasteiger charge is 2.34. The maximum atomic E-state index is 12.2. The van der Waals surface area contributed by atoms with E-state index < -0.39 is 0 Å². The van der Waals surface area contributed by atoms with Gasteiger partial charge in [0.2, 0.25) is 5.91 Å². The molecule has 0 aromatic heterocycles. The molecule has 1 heterocycles. The number of anilines is 2. The maximum Gasteiger partial charge on any atom is 0.238 e. The second-order valence-corrected chi connectivity index (χ2v) is 6.56. The first kappa shape index (κ1) is 13.5. The molecule has 20 heavy (non-hydrogen) atoms. The van der Waals surface area contributed by atoms with Crippen molar-refractivity contribution in [2.45, 2.75) is 5.37 Å². The molecule has 3 rings (SSSR count). The molecule has 1 aliphatic heterocycles. The SMILES string of the molecule is Nc1cccc(N2C(=O)CSC2c2cccc(Br)c2)c1. The lowest BCUT2D eigenvalue weighted by Crippen LogP contribution is -2.27. The number of thioether (sulfide) groups is 1. The number of hydrogen-bond acceptors (Lipinski definition) is 3. The molecule has 1 fully saturated rings. The van der Waals surface area contributed by atoms with Gasteiger partial charge in [0, 0.05) is 15.8 Å². The van der Waals surface area contributed by atoms with Crippen molar-refractivity contribution in [2.75, 3.05) is 16.4 Å². The third-order valence-electron chi connectivity index (χ3n) is 3.15. The Labute approximate surface area is 130 Å². The van der Waals surface area contributed by atoms with Crippen LogP contribution in [0, 0.1) is 0 Å². The van der Waals surface area contributed by atoms with Gasteiger partial charge in [-0.25, -0.2) is 0 Å². The van der Waals surface area contributed by atoms with Crippen LogP contribution in [0.3, 0.4) is 0 Å². The second kappa shape index (κ2) is 5.50. The smallest absolute Gasteiger partial charge is 0.238 e. The molecule has 1 atom stereocenters. The number of halogens is 1. The Morgan fingerprint density at radius 1 is 1.20 bits per heavy atom. The molecular formula is C15H13BrN2OS. The van der Waals surface area contributed by atoms with Gasteiger partial charge < -0.3 is 5.73 Å². The zero-order chi connectivity index (χ0) is 14.1. The normalized spacial score (nSPS) is 18.6. The molecule has 2 N–H and O–H groups in total. The summed E-state index contributed by atoms with van der Waals surface area (Å²) in [6.07, 6.45) is 0. The van der Waals surface area contributed by atoms with Crippen LogP contribution < -0.4 is 10.6 Å². The summed E-state index contributed by atoms with van der Waals surface area (Å²) in [6, 6.07) is 15.5. The zero-order valence-electron chi connectivity index (χ0n) is 10.6. The van der Waals surface area contributed by atoms with Gasteiger partial charge in [-0.1, -0.05) is 34.1 Å². The lowest BCUT2D eigenvalue weighted by molar-refractivity contribution is -0.115. The molecule has 1 amide bonds. The number of nitrogens with two attached hydrogens (primary N) is 1. The van der Waals surface area contributed by atoms with Gasteiger partial charge in [-0.15, -0.1) is 11.8 Å². The molecule has 2 aromatic carbocycles. The summed E-state index contributed by atoms with van der Waals surface area (Å²) in [7, 11) is 0. The number of nitrogens with zero attached hydrogens (tertiary/aromatic N) is 1. The van der Waals surface area contributed by atoms with Gasteiger partial charge in [-0.05, 0) is 35.9 Å². The molecule has 0 bridgehead atoms. The fourth-order valence-corrected chi connectivity index (χ4v) is 3.87. The van der Waals surface area contributed by atoms with Gasteiger partial charge in [-0.2, -0.15) is 0 Å². The third-order valence-corrected chi connectivity index (χ3v) is 4.86. The Hall–Kier alpha value is -1.46. The van der Waals surface area contributed by atoms with Crippen molar-refractivity contribution in [1.29, 1.82) is 0 Å². The number of carbonyl (C=O) groups is 1. The van der Waals surface area contributed by atoms with Crippen LogP contribution in [0.5, 0.6) is 0 Å². The van der Waals surface area contributed by atoms with Crippen molar-refractivity contribution in [3.05, 3.63) is 58.6 Å². The number of carbonyl (C=O) groups excluding carboxylic acids is 1. The molecule has 0 aliphatic carbocycles. The highest BCUT2D eigenvalue weighted by atomic mass is 79.9. The van der Waals surface area contributed by atoms with Crippen LogP contribution in [-0.2, 0) is 4.79 Å². The van der Waals surface area contributed by atoms with E-state index in [0.717, 1.165) is 15.7 Å². The van der Waals surface area contributed by atoms with Crippen molar-refractivity contribution >= 4 is 45.0 Å². The Morgan fingerprint density at radius 2 is 2.00 bits per heavy atom. The van der Waals surface area contributed by atoms with E-state index in [1.165, 1.54) is 0 Å². The fourth-order valence-electron chi connectivity index (χ4n) is 2.28. The van der Waals surface area contributed by atoms with Gasteiger partial charge in [-0.3, -0.25) is 9.69 Å². The van der Waals surface area contributed by atoms with Gasteiger partial charge in [0.25, 0.3) is 0 Å². The van der Waals surface area contributed by atoms with Crippen LogP contribution in [-0.4, -0.2) is 11.7 Å². The minimum absolute atomic E-state index is 0.00167. The van der Waals surface area contributed by atoms with E-state index >= 15 is 0 Å². The van der Waals surface area contributed by atoms with Crippen LogP contribution in [0.15, 0.2) is 53.0 Å². The van der Waals surface area contributed by atoms with Crippen molar-refractivity contribution < 1.29 is 4.79 Å². The maximum absolute atomic E-state index is 12.2. The summed E-state index contributed by atoms with van der Waals surface area (Å²) in [5, 5.41) is 0.00167. The van der Waals surface area contributed by atoms with Crippen LogP contribution in [0.1, 0.15) is 10.9 Å². The number of amides is 1. The molecule has 0 radical (unpaired) electrons. The van der Waals surface area contributed by atoms with Crippen molar-refractivity contribution in [2.24, 2.45) is 0 Å². The quantitative estimate of drug-likeness (QED) is 0.839. The number of rotatable bonds is 2. The summed E-state index contributed by atoms with van der Waals surface area (Å²) in [6.45, 7) is 0. The fraction of sp³-hybridized carbons (Fsp3) is 0.133. The van der Waals surface area contributed by atoms with Crippen LogP contribution >= 0.6 is 27.7 Å². The monoisotopic (exact) mass is 348 g/mol. The van der Waals surface area contributed by atoms with Crippen LogP contribution in [0.25, 0.3) is 0 Å². The lowest BCUT2D eigenvalue weighted by Gasteiger charge is -2.24. The largest absolute Gasteiger partial charge is 0.399 e. The molecule has 102 valence electrons. The molecule has 1 saturated heterocycles. The predicted octanol–water partition coefficient (Wildman–Crippen LogP) is 3.81. The van der Waals surface area contributed by atoms with Gasteiger partial charge in [0.15, 0.2) is 0 Å². The summed E-state index contributed by atoms with van der Waals surface area (Å²) in [4.78, 5) is 14.0. The minimum atomic E-state index is 0.00167. The van der Waals surface area contributed by atoms with Crippen LogP contribution in [0.4, 0.5) is 11.4 Å². The average Bonchev–Trinajstić information content (AvgIpc) is 2.80. The van der Waals surface area contributed by atoms with E-state index in [4.69, 9.17) is 5.73 Å². The summed E-state index contributed by atoms with van der Waals surface area (Å²) >= 11 is 5.12. The first-order chi connectivity index (χ1) is 9.65. The van der Waals surface area contributed by atoms with Gasteiger partial charge in [0.05, 0.1) is 5.75 Å². The van der Waals surface area contributed by atoms with E-state index in [-0.39, 0.29) is 11.3 Å².